The largest absolute Gasteiger partial charge is 0.305 e. The highest BCUT2D eigenvalue weighted by molar-refractivity contribution is 4.90. The molecule has 1 heterocycles. The number of nitrogens with zero attached hydrogens (tertiary/aromatic N) is 3. The van der Waals surface area contributed by atoms with Crippen LogP contribution in [-0.2, 0) is 0 Å². The molecule has 0 aromatic heterocycles. The Morgan fingerprint density at radius 1 is 1.56 bits per heavy atom. The molecule has 0 bridgehead atoms. The summed E-state index contributed by atoms with van der Waals surface area (Å²) in [6.07, 6.45) is 4.65. The molecular weight excluding hydrogens is 224 g/mol. The second-order valence-corrected chi connectivity index (χ2v) is 5.46. The summed E-state index contributed by atoms with van der Waals surface area (Å²) in [5.41, 5.74) is 0. The smallest absolute Gasteiger partial charge is 0.0965 e. The lowest BCUT2D eigenvalue weighted by Crippen LogP contribution is -2.39. The zero-order valence-corrected chi connectivity index (χ0v) is 12.2. The molecule has 4 nitrogen and oxygen atoms in total. The van der Waals surface area contributed by atoms with Crippen molar-refractivity contribution in [1.29, 1.82) is 5.26 Å². The summed E-state index contributed by atoms with van der Waals surface area (Å²) in [5, 5.41) is 12.3. The zero-order chi connectivity index (χ0) is 13.4. The zero-order valence-electron chi connectivity index (χ0n) is 12.2. The molecule has 1 rings (SSSR count). The van der Waals surface area contributed by atoms with E-state index in [1.807, 2.05) is 0 Å². The van der Waals surface area contributed by atoms with Crippen molar-refractivity contribution < 1.29 is 0 Å². The summed E-state index contributed by atoms with van der Waals surface area (Å²) in [6.45, 7) is 6.43. The minimum absolute atomic E-state index is 0.00806. The van der Waals surface area contributed by atoms with Crippen molar-refractivity contribution in [3.8, 4) is 6.07 Å². The summed E-state index contributed by atoms with van der Waals surface area (Å²) in [5.74, 6) is 0. The number of nitriles is 1. The van der Waals surface area contributed by atoms with E-state index in [0.717, 1.165) is 32.5 Å². The Labute approximate surface area is 112 Å². The van der Waals surface area contributed by atoms with Crippen LogP contribution >= 0.6 is 0 Å². The van der Waals surface area contributed by atoms with Gasteiger partial charge >= 0.3 is 0 Å². The van der Waals surface area contributed by atoms with Gasteiger partial charge in [0.1, 0.15) is 0 Å². The summed E-state index contributed by atoms with van der Waals surface area (Å²) in [4.78, 5) is 4.82. The van der Waals surface area contributed by atoms with Crippen molar-refractivity contribution in [2.45, 2.75) is 44.7 Å². The third-order valence-corrected chi connectivity index (χ3v) is 3.79. The van der Waals surface area contributed by atoms with E-state index in [2.05, 4.69) is 42.2 Å². The van der Waals surface area contributed by atoms with E-state index in [4.69, 9.17) is 5.26 Å². The Morgan fingerprint density at radius 3 is 2.89 bits per heavy atom. The number of rotatable bonds is 8. The van der Waals surface area contributed by atoms with Crippen molar-refractivity contribution in [3.05, 3.63) is 0 Å². The van der Waals surface area contributed by atoms with Crippen LogP contribution in [0.15, 0.2) is 0 Å². The van der Waals surface area contributed by atoms with E-state index in [1.165, 1.54) is 19.4 Å². The van der Waals surface area contributed by atoms with Crippen molar-refractivity contribution in [1.82, 2.24) is 15.1 Å². The molecule has 1 aliphatic rings. The predicted octanol–water partition coefficient (Wildman–Crippen LogP) is 1.29. The van der Waals surface area contributed by atoms with Crippen molar-refractivity contribution >= 4 is 0 Å². The van der Waals surface area contributed by atoms with E-state index in [1.54, 1.807) is 0 Å². The van der Waals surface area contributed by atoms with Crippen LogP contribution in [0.3, 0.4) is 0 Å². The van der Waals surface area contributed by atoms with Gasteiger partial charge in [0.15, 0.2) is 0 Å². The van der Waals surface area contributed by atoms with Gasteiger partial charge in [0.2, 0.25) is 0 Å². The minimum atomic E-state index is 0.00806. The van der Waals surface area contributed by atoms with Gasteiger partial charge < -0.3 is 15.1 Å². The lowest BCUT2D eigenvalue weighted by molar-refractivity contribution is 0.216. The second-order valence-electron chi connectivity index (χ2n) is 5.46. The van der Waals surface area contributed by atoms with Crippen molar-refractivity contribution in [2.24, 2.45) is 0 Å². The molecule has 18 heavy (non-hydrogen) atoms. The molecule has 2 atom stereocenters. The van der Waals surface area contributed by atoms with Gasteiger partial charge in [-0.3, -0.25) is 0 Å². The number of hydrogen-bond donors (Lipinski definition) is 1. The van der Waals surface area contributed by atoms with Crippen LogP contribution in [0.1, 0.15) is 32.6 Å². The predicted molar refractivity (Wildman–Crippen MR) is 75.5 cm³/mol. The van der Waals surface area contributed by atoms with Gasteiger partial charge in [-0.15, -0.1) is 0 Å². The van der Waals surface area contributed by atoms with E-state index >= 15 is 0 Å². The summed E-state index contributed by atoms with van der Waals surface area (Å²) < 4.78 is 0. The van der Waals surface area contributed by atoms with Gasteiger partial charge in [0.25, 0.3) is 0 Å². The summed E-state index contributed by atoms with van der Waals surface area (Å²) in [7, 11) is 4.38. The summed E-state index contributed by atoms with van der Waals surface area (Å²) >= 11 is 0. The molecule has 0 aromatic carbocycles. The first-order valence-corrected chi connectivity index (χ1v) is 7.19. The first-order valence-electron chi connectivity index (χ1n) is 7.19. The highest BCUT2D eigenvalue weighted by Crippen LogP contribution is 2.15. The molecule has 0 amide bonds. The van der Waals surface area contributed by atoms with Crippen molar-refractivity contribution in [2.75, 3.05) is 40.3 Å². The SMILES string of the molecule is CCCNC(C#N)CCN(C)CC1CCCN1C. The first-order chi connectivity index (χ1) is 8.67. The Bertz CT molecular complexity index is 261. The van der Waals surface area contributed by atoms with Gasteiger partial charge in [0, 0.05) is 19.1 Å². The van der Waals surface area contributed by atoms with Crippen LogP contribution in [0.4, 0.5) is 0 Å². The fraction of sp³-hybridized carbons (Fsp3) is 0.929. The molecule has 0 spiro atoms. The highest BCUT2D eigenvalue weighted by atomic mass is 15.2. The third-order valence-electron chi connectivity index (χ3n) is 3.79. The van der Waals surface area contributed by atoms with Crippen molar-refractivity contribution in [3.63, 3.8) is 0 Å². The fourth-order valence-corrected chi connectivity index (χ4v) is 2.54. The Hall–Kier alpha value is -0.630. The highest BCUT2D eigenvalue weighted by Gasteiger charge is 2.22. The van der Waals surface area contributed by atoms with E-state index in [9.17, 15) is 0 Å². The van der Waals surface area contributed by atoms with Gasteiger partial charge in [-0.05, 0) is 52.9 Å². The molecule has 104 valence electrons. The van der Waals surface area contributed by atoms with Gasteiger partial charge in [-0.1, -0.05) is 6.92 Å². The molecule has 1 aliphatic heterocycles. The van der Waals surface area contributed by atoms with Crippen LogP contribution in [0, 0.1) is 11.3 Å². The second kappa shape index (κ2) is 8.47. The topological polar surface area (TPSA) is 42.3 Å². The van der Waals surface area contributed by atoms with E-state index in [-0.39, 0.29) is 6.04 Å². The van der Waals surface area contributed by atoms with Crippen LogP contribution in [0.5, 0.6) is 0 Å². The third kappa shape index (κ3) is 5.34. The molecule has 1 fully saturated rings. The van der Waals surface area contributed by atoms with Crippen LogP contribution in [0.2, 0.25) is 0 Å². The average Bonchev–Trinajstić information content (AvgIpc) is 2.75. The molecule has 4 heteroatoms. The maximum atomic E-state index is 9.05. The molecular formula is C14H28N4. The molecule has 1 saturated heterocycles. The van der Waals surface area contributed by atoms with Crippen LogP contribution in [-0.4, -0.2) is 62.2 Å². The Balaban J connectivity index is 2.19. The molecule has 0 radical (unpaired) electrons. The Morgan fingerprint density at radius 2 is 2.33 bits per heavy atom. The quantitative estimate of drug-likeness (QED) is 0.707. The first kappa shape index (κ1) is 15.4. The average molecular weight is 252 g/mol. The van der Waals surface area contributed by atoms with Crippen LogP contribution < -0.4 is 5.32 Å². The molecule has 0 saturated carbocycles. The van der Waals surface area contributed by atoms with Crippen LogP contribution in [0.25, 0.3) is 0 Å². The van der Waals surface area contributed by atoms with E-state index < -0.39 is 0 Å². The minimum Gasteiger partial charge on any atom is -0.305 e. The molecule has 0 aliphatic carbocycles. The maximum Gasteiger partial charge on any atom is 0.0965 e. The monoisotopic (exact) mass is 252 g/mol. The molecule has 0 aromatic rings. The van der Waals surface area contributed by atoms with Gasteiger partial charge in [-0.25, -0.2) is 0 Å². The number of likely N-dealkylation sites (N-methyl/N-ethyl adjacent to an activating group) is 2. The Kier molecular flexibility index (Phi) is 7.26. The number of hydrogen-bond acceptors (Lipinski definition) is 4. The number of likely N-dealkylation sites (tertiary alicyclic amines) is 1. The fourth-order valence-electron chi connectivity index (χ4n) is 2.54. The summed E-state index contributed by atoms with van der Waals surface area (Å²) in [6, 6.07) is 3.06. The van der Waals surface area contributed by atoms with Gasteiger partial charge in [0.05, 0.1) is 12.1 Å². The normalized spacial score (nSPS) is 22.3. The maximum absolute atomic E-state index is 9.05. The molecule has 2 unspecified atom stereocenters. The number of nitrogens with one attached hydrogen (secondary N) is 1. The lowest BCUT2D eigenvalue weighted by atomic mass is 10.2. The lowest BCUT2D eigenvalue weighted by Gasteiger charge is -2.26. The van der Waals surface area contributed by atoms with E-state index in [0.29, 0.717) is 6.04 Å². The molecule has 1 N–H and O–H groups in total. The van der Waals surface area contributed by atoms with Gasteiger partial charge in [-0.2, -0.15) is 5.26 Å². The standard InChI is InChI=1S/C14H28N4/c1-4-8-16-13(11-15)7-10-17(2)12-14-6-5-9-18(14)3/h13-14,16H,4-10,12H2,1-3H3.